The number of phenolic OH excluding ortho intramolecular Hbond substituents is 4. The molecule has 10 nitrogen and oxygen atoms in total. The van der Waals surface area contributed by atoms with Crippen LogP contribution >= 0.6 is 0 Å². The molecule has 656 valence electrons. The molecule has 20 aromatic carbocycles. The molecule has 0 amide bonds. The van der Waals surface area contributed by atoms with Gasteiger partial charge in [-0.05, 0) is 181 Å². The van der Waals surface area contributed by atoms with Gasteiger partial charge in [0, 0.05) is 148 Å². The van der Waals surface area contributed by atoms with Crippen molar-refractivity contribution in [2.75, 3.05) is 0 Å². The first-order valence-electron chi connectivity index (χ1n) is 45.6. The average Bonchev–Trinajstić information content (AvgIpc) is 0.754. The molecule has 0 aliphatic heterocycles. The SMILES string of the molecule is Oc1c(C=N[C@H]2CCCC[C@@H]2NCc2cc3ccccc3c(-c3c(-c4ccccc4)ccc4ccccc34)c2O)cc2ccccc2c1-c1c(-c2ccccc2)ccc2ccccc12.Oc1c(C=N[C@H]2CCCC[C@@H]2NCc2cc3ccccc3c(-c3c(-c4ccccc4)ccc4ccccc34)c2O)cc2ccccc2c1-c1c(-c2ccccc2)ccc2ccccc12.[CH2-]O.[CH2-]O.[Ti].[Ti]. The minimum absolute atomic E-state index is 0. The van der Waals surface area contributed by atoms with Crippen LogP contribution in [0.2, 0.25) is 0 Å². The molecule has 0 heterocycles. The van der Waals surface area contributed by atoms with Crippen LogP contribution in [-0.4, -0.2) is 67.2 Å². The molecule has 2 aliphatic rings. The number of phenols is 4. The molecule has 2 fully saturated rings. The van der Waals surface area contributed by atoms with Crippen LogP contribution in [0, 0.1) is 14.2 Å². The van der Waals surface area contributed by atoms with E-state index in [0.29, 0.717) is 35.7 Å². The van der Waals surface area contributed by atoms with Crippen molar-refractivity contribution in [1.29, 1.82) is 0 Å². The predicted molar refractivity (Wildman–Crippen MR) is 552 cm³/mol. The molecular weight excluding hydrogens is 1710 g/mol. The van der Waals surface area contributed by atoms with E-state index in [-0.39, 0.29) is 79.1 Å². The molecule has 12 heteroatoms. The normalized spacial score (nSPS) is 14.8. The number of aliphatic hydroxyl groups excluding tert-OH is 2. The molecule has 20 aromatic rings. The van der Waals surface area contributed by atoms with Gasteiger partial charge >= 0.3 is 0 Å². The van der Waals surface area contributed by atoms with E-state index < -0.39 is 0 Å². The number of aliphatic imine (C=N–C) groups is 2. The fourth-order valence-corrected chi connectivity index (χ4v) is 20.5. The van der Waals surface area contributed by atoms with E-state index in [4.69, 9.17) is 20.2 Å². The van der Waals surface area contributed by atoms with Gasteiger partial charge in [-0.2, -0.15) is 0 Å². The Hall–Kier alpha value is -13.7. The second-order valence-corrected chi connectivity index (χ2v) is 34.3. The van der Waals surface area contributed by atoms with E-state index in [0.717, 1.165) is 238 Å². The molecule has 0 bridgehead atoms. The minimum Gasteiger partial charge on any atom is -0.569 e. The maximum absolute atomic E-state index is 12.5. The van der Waals surface area contributed by atoms with Crippen molar-refractivity contribution in [3.05, 3.63) is 425 Å². The zero-order chi connectivity index (χ0) is 90.0. The molecule has 2 aliphatic carbocycles. The Kier molecular flexibility index (Phi) is 29.2. The number of hydrogen-bond donors (Lipinski definition) is 8. The number of fused-ring (bicyclic) bond motifs is 8. The van der Waals surface area contributed by atoms with Gasteiger partial charge in [0.05, 0.1) is 12.1 Å². The number of hydrogen-bond acceptors (Lipinski definition) is 10. The second-order valence-electron chi connectivity index (χ2n) is 34.3. The first-order chi connectivity index (χ1) is 65.2. The smallest absolute Gasteiger partial charge is 0.132 e. The Balaban J connectivity index is 0.000000177. The molecule has 22 rings (SSSR count). The summed E-state index contributed by atoms with van der Waals surface area (Å²) in [5.41, 5.74) is 19.3. The maximum Gasteiger partial charge on any atom is 0.132 e. The van der Waals surface area contributed by atoms with Crippen molar-refractivity contribution in [3.8, 4) is 112 Å². The van der Waals surface area contributed by atoms with Crippen LogP contribution < -0.4 is 10.6 Å². The Bertz CT molecular complexity index is 7230. The molecule has 4 atom stereocenters. The Labute approximate surface area is 812 Å². The molecule has 0 spiro atoms. The summed E-state index contributed by atoms with van der Waals surface area (Å²) in [5.74, 6) is 1.06. The van der Waals surface area contributed by atoms with Crippen molar-refractivity contribution < 1.29 is 74.1 Å². The number of benzene rings is 20. The zero-order valence-electron chi connectivity index (χ0n) is 74.5. The third kappa shape index (κ3) is 18.5. The van der Waals surface area contributed by atoms with E-state index in [1.807, 2.05) is 48.8 Å². The third-order valence-electron chi connectivity index (χ3n) is 26.7. The number of rotatable bonds is 18. The third-order valence-corrected chi connectivity index (χ3v) is 26.7. The van der Waals surface area contributed by atoms with Crippen LogP contribution in [-0.2, 0) is 56.5 Å². The van der Waals surface area contributed by atoms with E-state index in [2.05, 4.69) is 377 Å². The topological polar surface area (TPSA) is 170 Å². The standard InChI is InChI=1S/2C60H48N2O2.2CH3O.2Ti/c2*63-59-45(35-43-23-9-13-27-49(43)57(59)55-47-25-11-7-21-41(47)31-33-51(55)39-17-3-1-4-18-39)37-61-53-29-15-16-30-54(53)62-38-46-36-44-24-10-14-28-50(44)58(60(46)64)56-48-26-12-8-22-42(48)32-34-52(56)40-19-5-2-6-20-40;2*1-2;;/h2*1-14,17-28,31-37,53-54,62-64H,15-16,29-30,38H2;2*2H,1H2;;/q;;2*-1;;/t2*53-,54-;;;;/m00..../s1. The summed E-state index contributed by atoms with van der Waals surface area (Å²) in [6.45, 7) is 0.973. The summed E-state index contributed by atoms with van der Waals surface area (Å²) < 4.78 is 0. The predicted octanol–water partition coefficient (Wildman–Crippen LogP) is 30.1. The van der Waals surface area contributed by atoms with Crippen LogP contribution in [0.5, 0.6) is 23.0 Å². The molecule has 134 heavy (non-hydrogen) atoms. The van der Waals surface area contributed by atoms with Crippen molar-refractivity contribution in [1.82, 2.24) is 10.6 Å². The van der Waals surface area contributed by atoms with Crippen LogP contribution in [0.15, 0.2) is 398 Å². The van der Waals surface area contributed by atoms with E-state index >= 15 is 0 Å². The summed E-state index contributed by atoms with van der Waals surface area (Å²) in [6.07, 6.45) is 12.0. The monoisotopic (exact) mass is 1810 g/mol. The van der Waals surface area contributed by atoms with Crippen molar-refractivity contribution >= 4 is 98.6 Å². The van der Waals surface area contributed by atoms with Gasteiger partial charge in [0.1, 0.15) is 23.0 Å². The minimum atomic E-state index is -0.00896. The van der Waals surface area contributed by atoms with Gasteiger partial charge in [-0.25, -0.2) is 14.2 Å². The van der Waals surface area contributed by atoms with Crippen molar-refractivity contribution in [2.24, 2.45) is 9.98 Å². The zero-order valence-corrected chi connectivity index (χ0v) is 77.6. The van der Waals surface area contributed by atoms with E-state index in [9.17, 15) is 20.4 Å². The maximum atomic E-state index is 12.5. The van der Waals surface area contributed by atoms with Crippen LogP contribution in [0.4, 0.5) is 0 Å². The van der Waals surface area contributed by atoms with Gasteiger partial charge in [0.25, 0.3) is 0 Å². The van der Waals surface area contributed by atoms with Crippen molar-refractivity contribution in [2.45, 2.75) is 88.6 Å². The summed E-state index contributed by atoms with van der Waals surface area (Å²) >= 11 is 0. The summed E-state index contributed by atoms with van der Waals surface area (Å²) in [5, 5.41) is 88.4. The summed E-state index contributed by atoms with van der Waals surface area (Å²) in [4.78, 5) is 10.6. The van der Waals surface area contributed by atoms with Crippen LogP contribution in [0.3, 0.4) is 0 Å². The van der Waals surface area contributed by atoms with Gasteiger partial charge in [-0.1, -0.05) is 390 Å². The summed E-state index contributed by atoms with van der Waals surface area (Å²) in [7, 11) is 4.50. The fourth-order valence-electron chi connectivity index (χ4n) is 20.5. The van der Waals surface area contributed by atoms with Gasteiger partial charge in [0.2, 0.25) is 0 Å². The van der Waals surface area contributed by atoms with Gasteiger partial charge in [-0.3, -0.25) is 9.98 Å². The first-order valence-corrected chi connectivity index (χ1v) is 45.6. The fraction of sp³-hybridized carbons (Fsp3) is 0.115. The molecular formula is C122H102N4O6Ti2-2. The van der Waals surface area contributed by atoms with Crippen molar-refractivity contribution in [3.63, 3.8) is 0 Å². The molecule has 0 aromatic heterocycles. The first kappa shape index (κ1) is 92.2. The summed E-state index contributed by atoms with van der Waals surface area (Å²) in [6, 6.07) is 135. The largest absolute Gasteiger partial charge is 0.569 e. The molecule has 0 radical (unpaired) electrons. The van der Waals surface area contributed by atoms with Gasteiger partial charge < -0.3 is 41.3 Å². The number of nitrogens with one attached hydrogen (secondary N) is 2. The quantitative estimate of drug-likeness (QED) is 0.0238. The van der Waals surface area contributed by atoms with E-state index in [1.165, 1.54) is 0 Å². The molecule has 0 unspecified atom stereocenters. The Morgan fingerprint density at radius 3 is 0.724 bits per heavy atom. The second kappa shape index (κ2) is 42.5. The van der Waals surface area contributed by atoms with Gasteiger partial charge in [-0.15, -0.1) is 0 Å². The molecule has 0 saturated heterocycles. The van der Waals surface area contributed by atoms with E-state index in [1.54, 1.807) is 0 Å². The van der Waals surface area contributed by atoms with Gasteiger partial charge in [0.15, 0.2) is 0 Å². The average molecular weight is 1820 g/mol. The number of nitrogens with zero attached hydrogens (tertiary/aromatic N) is 2. The number of aliphatic hydroxyl groups is 2. The number of aromatic hydroxyl groups is 4. The molecule has 2 saturated carbocycles. The van der Waals surface area contributed by atoms with Crippen LogP contribution in [0.25, 0.3) is 175 Å². The van der Waals surface area contributed by atoms with Crippen LogP contribution in [0.1, 0.15) is 73.6 Å². The Morgan fingerprint density at radius 2 is 0.455 bits per heavy atom. The Morgan fingerprint density at radius 1 is 0.239 bits per heavy atom. The molecule has 8 N–H and O–H groups in total.